The van der Waals surface area contributed by atoms with E-state index in [9.17, 15) is 14.4 Å². The Hall–Kier alpha value is -2.91. The van der Waals surface area contributed by atoms with Crippen LogP contribution in [0.3, 0.4) is 0 Å². The molecule has 8 nitrogen and oxygen atoms in total. The number of amides is 2. The second kappa shape index (κ2) is 9.53. The Balaban J connectivity index is 1.51. The molecule has 29 heavy (non-hydrogen) atoms. The average Bonchev–Trinajstić information content (AvgIpc) is 3.38. The molecule has 9 heteroatoms. The molecule has 1 aromatic carbocycles. The van der Waals surface area contributed by atoms with E-state index in [1.54, 1.807) is 29.6 Å². The van der Waals surface area contributed by atoms with Crippen LogP contribution in [-0.4, -0.2) is 43.2 Å². The van der Waals surface area contributed by atoms with Crippen LogP contribution in [0.4, 0.5) is 5.00 Å². The molecule has 0 spiro atoms. The number of carbonyl (C=O) groups is 3. The SMILES string of the molecule is C[C@H](OC(=O)c1ccc(OC[C@@H]2CCCO2)cc1)C(=O)Nc1sccc1C(N)=O. The van der Waals surface area contributed by atoms with Crippen LogP contribution in [0.2, 0.25) is 0 Å². The highest BCUT2D eigenvalue weighted by Gasteiger charge is 2.21. The molecule has 0 aliphatic carbocycles. The summed E-state index contributed by atoms with van der Waals surface area (Å²) in [7, 11) is 0. The number of thiophene rings is 1. The quantitative estimate of drug-likeness (QED) is 0.637. The van der Waals surface area contributed by atoms with Gasteiger partial charge in [-0.1, -0.05) is 0 Å². The van der Waals surface area contributed by atoms with Crippen molar-refractivity contribution in [1.29, 1.82) is 0 Å². The smallest absolute Gasteiger partial charge is 0.338 e. The molecule has 0 bridgehead atoms. The van der Waals surface area contributed by atoms with Gasteiger partial charge in [0, 0.05) is 6.61 Å². The van der Waals surface area contributed by atoms with E-state index in [0.29, 0.717) is 22.9 Å². The summed E-state index contributed by atoms with van der Waals surface area (Å²) in [4.78, 5) is 35.9. The van der Waals surface area contributed by atoms with E-state index in [4.69, 9.17) is 19.9 Å². The number of nitrogens with two attached hydrogens (primary N) is 1. The Kier molecular flexibility index (Phi) is 6.84. The van der Waals surface area contributed by atoms with E-state index in [-0.39, 0.29) is 11.7 Å². The number of carbonyl (C=O) groups excluding carboxylic acids is 3. The number of hydrogen-bond acceptors (Lipinski definition) is 7. The predicted molar refractivity (Wildman–Crippen MR) is 107 cm³/mol. The van der Waals surface area contributed by atoms with Crippen LogP contribution in [-0.2, 0) is 14.3 Å². The van der Waals surface area contributed by atoms with E-state index >= 15 is 0 Å². The number of esters is 1. The van der Waals surface area contributed by atoms with E-state index in [1.807, 2.05) is 0 Å². The van der Waals surface area contributed by atoms with Crippen molar-refractivity contribution in [2.75, 3.05) is 18.5 Å². The van der Waals surface area contributed by atoms with E-state index in [1.165, 1.54) is 13.0 Å². The monoisotopic (exact) mass is 418 g/mol. The van der Waals surface area contributed by atoms with Gasteiger partial charge in [0.15, 0.2) is 6.10 Å². The van der Waals surface area contributed by atoms with Gasteiger partial charge in [-0.05, 0) is 55.5 Å². The third-order valence-electron chi connectivity index (χ3n) is 4.37. The molecule has 1 aliphatic rings. The topological polar surface area (TPSA) is 117 Å². The zero-order valence-corrected chi connectivity index (χ0v) is 16.7. The van der Waals surface area contributed by atoms with E-state index in [2.05, 4.69) is 5.32 Å². The highest BCUT2D eigenvalue weighted by Crippen LogP contribution is 2.23. The van der Waals surface area contributed by atoms with Crippen molar-refractivity contribution in [3.63, 3.8) is 0 Å². The zero-order chi connectivity index (χ0) is 20.8. The number of rotatable bonds is 8. The Labute approximate surface area is 171 Å². The molecule has 3 N–H and O–H groups in total. The summed E-state index contributed by atoms with van der Waals surface area (Å²) in [6.07, 6.45) is 1.08. The van der Waals surface area contributed by atoms with Gasteiger partial charge >= 0.3 is 5.97 Å². The van der Waals surface area contributed by atoms with Gasteiger partial charge < -0.3 is 25.3 Å². The second-order valence-corrected chi connectivity index (χ2v) is 7.45. The maximum atomic E-state index is 12.3. The van der Waals surface area contributed by atoms with Crippen molar-refractivity contribution in [2.24, 2.45) is 5.73 Å². The van der Waals surface area contributed by atoms with Crippen molar-refractivity contribution in [3.05, 3.63) is 46.8 Å². The van der Waals surface area contributed by atoms with Crippen molar-refractivity contribution in [1.82, 2.24) is 0 Å². The van der Waals surface area contributed by atoms with Crippen LogP contribution in [0.5, 0.6) is 5.75 Å². The predicted octanol–water partition coefficient (Wildman–Crippen LogP) is 2.59. The molecule has 1 fully saturated rings. The van der Waals surface area contributed by atoms with Gasteiger partial charge in [-0.2, -0.15) is 0 Å². The number of nitrogens with one attached hydrogen (secondary N) is 1. The molecule has 2 atom stereocenters. The fraction of sp³-hybridized carbons (Fsp3) is 0.350. The lowest BCUT2D eigenvalue weighted by atomic mass is 10.2. The maximum Gasteiger partial charge on any atom is 0.338 e. The van der Waals surface area contributed by atoms with Crippen LogP contribution in [0.15, 0.2) is 35.7 Å². The molecule has 2 amide bonds. The van der Waals surface area contributed by atoms with Crippen LogP contribution in [0, 0.1) is 0 Å². The van der Waals surface area contributed by atoms with Gasteiger partial charge in [-0.15, -0.1) is 11.3 Å². The molecule has 154 valence electrons. The largest absolute Gasteiger partial charge is 0.491 e. The first-order valence-electron chi connectivity index (χ1n) is 9.17. The third-order valence-corrected chi connectivity index (χ3v) is 5.20. The van der Waals surface area contributed by atoms with Gasteiger partial charge in [-0.25, -0.2) is 4.79 Å². The molecule has 1 saturated heterocycles. The molecule has 1 aromatic heterocycles. The van der Waals surface area contributed by atoms with Crippen molar-refractivity contribution >= 4 is 34.1 Å². The lowest BCUT2D eigenvalue weighted by Gasteiger charge is -2.14. The summed E-state index contributed by atoms with van der Waals surface area (Å²) in [6, 6.07) is 7.99. The normalized spacial score (nSPS) is 16.8. The highest BCUT2D eigenvalue weighted by molar-refractivity contribution is 7.14. The summed E-state index contributed by atoms with van der Waals surface area (Å²) in [6.45, 7) is 2.68. The number of primary amides is 1. The molecule has 2 aromatic rings. The number of anilines is 1. The van der Waals surface area contributed by atoms with Crippen LogP contribution in [0.1, 0.15) is 40.5 Å². The first-order valence-corrected chi connectivity index (χ1v) is 10.1. The minimum Gasteiger partial charge on any atom is -0.491 e. The molecular formula is C20H22N2O6S. The van der Waals surface area contributed by atoms with Crippen molar-refractivity contribution in [2.45, 2.75) is 32.0 Å². The summed E-state index contributed by atoms with van der Waals surface area (Å²) < 4.78 is 16.4. The first kappa shape index (κ1) is 20.8. The lowest BCUT2D eigenvalue weighted by molar-refractivity contribution is -0.123. The minimum atomic E-state index is -1.05. The molecule has 0 unspecified atom stereocenters. The minimum absolute atomic E-state index is 0.109. The molecular weight excluding hydrogens is 396 g/mol. The Bertz CT molecular complexity index is 873. The molecule has 2 heterocycles. The summed E-state index contributed by atoms with van der Waals surface area (Å²) in [5.74, 6) is -1.22. The fourth-order valence-electron chi connectivity index (χ4n) is 2.75. The molecule has 3 rings (SSSR count). The van der Waals surface area contributed by atoms with Gasteiger partial charge in [0.05, 0.1) is 17.2 Å². The molecule has 1 aliphatic heterocycles. The summed E-state index contributed by atoms with van der Waals surface area (Å²) >= 11 is 1.16. The Morgan fingerprint density at radius 1 is 1.28 bits per heavy atom. The summed E-state index contributed by atoms with van der Waals surface area (Å²) in [5, 5.41) is 4.50. The van der Waals surface area contributed by atoms with Crippen LogP contribution in [0.25, 0.3) is 0 Å². The van der Waals surface area contributed by atoms with Gasteiger partial charge in [0.1, 0.15) is 17.4 Å². The third kappa shape index (κ3) is 5.55. The first-order chi connectivity index (χ1) is 13.9. The Morgan fingerprint density at radius 3 is 2.69 bits per heavy atom. The van der Waals surface area contributed by atoms with Crippen LogP contribution >= 0.6 is 11.3 Å². The fourth-order valence-corrected chi connectivity index (χ4v) is 3.54. The molecule has 0 radical (unpaired) electrons. The Morgan fingerprint density at radius 2 is 2.03 bits per heavy atom. The zero-order valence-electron chi connectivity index (χ0n) is 15.9. The summed E-state index contributed by atoms with van der Waals surface area (Å²) in [5.41, 5.74) is 5.75. The molecule has 0 saturated carbocycles. The van der Waals surface area contributed by atoms with Crippen LogP contribution < -0.4 is 15.8 Å². The standard InChI is InChI=1S/C20H22N2O6S/c1-12(18(24)22-19-16(17(21)23)8-10-29-19)28-20(25)13-4-6-14(7-5-13)27-11-15-3-2-9-26-15/h4-8,10,12,15H,2-3,9,11H2,1H3,(H2,21,23)(H,22,24)/t12-,15-/m0/s1. The van der Waals surface area contributed by atoms with Crippen molar-refractivity contribution in [3.8, 4) is 5.75 Å². The van der Waals surface area contributed by atoms with Crippen molar-refractivity contribution < 1.29 is 28.6 Å². The van der Waals surface area contributed by atoms with E-state index < -0.39 is 23.9 Å². The highest BCUT2D eigenvalue weighted by atomic mass is 32.1. The maximum absolute atomic E-state index is 12.3. The van der Waals surface area contributed by atoms with Gasteiger partial charge in [-0.3, -0.25) is 9.59 Å². The van der Waals surface area contributed by atoms with E-state index in [0.717, 1.165) is 30.8 Å². The number of benzene rings is 1. The lowest BCUT2D eigenvalue weighted by Crippen LogP contribution is -2.30. The number of hydrogen-bond donors (Lipinski definition) is 2. The average molecular weight is 418 g/mol. The second-order valence-electron chi connectivity index (χ2n) is 6.53. The number of ether oxygens (including phenoxy) is 3. The van der Waals surface area contributed by atoms with Gasteiger partial charge in [0.25, 0.3) is 11.8 Å². The van der Waals surface area contributed by atoms with Gasteiger partial charge in [0.2, 0.25) is 0 Å².